The molecule has 1 aliphatic heterocycles. The summed E-state index contributed by atoms with van der Waals surface area (Å²) in [5, 5.41) is 9.31. The number of likely N-dealkylation sites (N-methyl/N-ethyl adjacent to an activating group) is 1. The molecule has 3 aliphatic rings. The van der Waals surface area contributed by atoms with Crippen LogP contribution in [0.5, 0.6) is 0 Å². The second-order valence-electron chi connectivity index (χ2n) is 10.6. The minimum absolute atomic E-state index is 0.232. The molecular weight excluding hydrogens is 368 g/mol. The van der Waals surface area contributed by atoms with Crippen molar-refractivity contribution in [3.63, 3.8) is 0 Å². The summed E-state index contributed by atoms with van der Waals surface area (Å²) in [4.78, 5) is 4.97. The van der Waals surface area contributed by atoms with E-state index in [0.717, 1.165) is 43.8 Å². The molecule has 0 aromatic heterocycles. The lowest BCUT2D eigenvalue weighted by Gasteiger charge is -2.27. The van der Waals surface area contributed by atoms with Gasteiger partial charge >= 0.3 is 0 Å². The summed E-state index contributed by atoms with van der Waals surface area (Å²) in [6.45, 7) is 14.6. The molecule has 1 saturated carbocycles. The van der Waals surface area contributed by atoms with Crippen LogP contribution in [0.4, 0.5) is 0 Å². The molecule has 2 unspecified atom stereocenters. The van der Waals surface area contributed by atoms with Crippen molar-refractivity contribution < 1.29 is 5.11 Å². The van der Waals surface area contributed by atoms with Crippen molar-refractivity contribution in [1.82, 2.24) is 9.80 Å². The fraction of sp³-hybridized carbons (Fsp3) is 0.630. The van der Waals surface area contributed by atoms with Crippen molar-refractivity contribution in [3.05, 3.63) is 58.8 Å². The first kappa shape index (κ1) is 21.6. The average Bonchev–Trinajstić information content (AvgIpc) is 3.16. The molecule has 0 bridgehead atoms. The van der Waals surface area contributed by atoms with Crippen molar-refractivity contribution in [2.75, 3.05) is 32.8 Å². The quantitative estimate of drug-likeness (QED) is 0.658. The van der Waals surface area contributed by atoms with Gasteiger partial charge in [-0.3, -0.25) is 4.90 Å². The smallest absolute Gasteiger partial charge is 0.0606 e. The fourth-order valence-electron chi connectivity index (χ4n) is 5.56. The fourth-order valence-corrected chi connectivity index (χ4v) is 5.56. The number of aliphatic hydroxyl groups excluding tert-OH is 1. The molecule has 1 N–H and O–H groups in total. The summed E-state index contributed by atoms with van der Waals surface area (Å²) in [7, 11) is 0. The second kappa shape index (κ2) is 8.88. The first-order valence-corrected chi connectivity index (χ1v) is 12.0. The number of benzene rings is 1. The lowest BCUT2D eigenvalue weighted by Crippen LogP contribution is -2.26. The van der Waals surface area contributed by atoms with Crippen LogP contribution in [0.2, 0.25) is 0 Å². The van der Waals surface area contributed by atoms with Gasteiger partial charge in [-0.1, -0.05) is 56.7 Å². The topological polar surface area (TPSA) is 26.7 Å². The third kappa shape index (κ3) is 4.84. The van der Waals surface area contributed by atoms with Crippen LogP contribution in [0.15, 0.2) is 47.7 Å². The first-order valence-electron chi connectivity index (χ1n) is 12.0. The van der Waals surface area contributed by atoms with E-state index in [0.29, 0.717) is 0 Å². The van der Waals surface area contributed by atoms with Crippen LogP contribution in [0.25, 0.3) is 0 Å². The highest BCUT2D eigenvalue weighted by Crippen LogP contribution is 2.55. The molecule has 2 aliphatic carbocycles. The number of likely N-dealkylation sites (tertiary alicyclic amines) is 1. The lowest BCUT2D eigenvalue weighted by atomic mass is 9.87. The van der Waals surface area contributed by atoms with E-state index < -0.39 is 0 Å². The number of fused-ring (bicyclic) bond motifs is 1. The Balaban J connectivity index is 1.27. The van der Waals surface area contributed by atoms with Gasteiger partial charge in [0.2, 0.25) is 0 Å². The molecule has 4 rings (SSSR count). The molecular formula is C27H40N2O. The number of allylic oxidation sites excluding steroid dienone is 3. The third-order valence-corrected chi connectivity index (χ3v) is 7.46. The Hall–Kier alpha value is -1.58. The Morgan fingerprint density at radius 3 is 2.40 bits per heavy atom. The molecule has 1 aromatic carbocycles. The lowest BCUT2D eigenvalue weighted by molar-refractivity contribution is 0.233. The second-order valence-corrected chi connectivity index (χ2v) is 10.6. The standard InChI is InChI=1S/C27H40N2O/c1-5-29(13-14-30)23-8-6-7-21(15-23)16-24-25-18-28(19-26(24)25)17-20-9-11-22(12-10-20)27(2,3)4/h8-12,15,24-26,30H,5-7,13-14,16-19H2,1-4H3. The summed E-state index contributed by atoms with van der Waals surface area (Å²) in [6.07, 6.45) is 8.44. The van der Waals surface area contributed by atoms with Crippen LogP contribution in [0.3, 0.4) is 0 Å². The van der Waals surface area contributed by atoms with Crippen LogP contribution in [-0.2, 0) is 12.0 Å². The molecule has 0 amide bonds. The summed E-state index contributed by atoms with van der Waals surface area (Å²) in [5.41, 5.74) is 6.07. The van der Waals surface area contributed by atoms with Gasteiger partial charge in [0.25, 0.3) is 0 Å². The van der Waals surface area contributed by atoms with Crippen molar-refractivity contribution in [2.45, 2.75) is 58.9 Å². The molecule has 30 heavy (non-hydrogen) atoms. The number of hydrogen-bond donors (Lipinski definition) is 1. The Morgan fingerprint density at radius 1 is 1.10 bits per heavy atom. The van der Waals surface area contributed by atoms with Crippen LogP contribution in [0.1, 0.15) is 58.1 Å². The van der Waals surface area contributed by atoms with Crippen LogP contribution >= 0.6 is 0 Å². The molecule has 3 nitrogen and oxygen atoms in total. The summed E-state index contributed by atoms with van der Waals surface area (Å²) in [5.74, 6) is 2.73. The zero-order valence-electron chi connectivity index (χ0n) is 19.4. The van der Waals surface area contributed by atoms with E-state index in [4.69, 9.17) is 0 Å². The normalized spacial score (nSPS) is 26.2. The maximum atomic E-state index is 9.31. The van der Waals surface area contributed by atoms with Gasteiger partial charge in [0.05, 0.1) is 6.61 Å². The third-order valence-electron chi connectivity index (χ3n) is 7.46. The summed E-state index contributed by atoms with van der Waals surface area (Å²) < 4.78 is 0. The van der Waals surface area contributed by atoms with Gasteiger partial charge in [-0.25, -0.2) is 0 Å². The Kier molecular flexibility index (Phi) is 6.41. The van der Waals surface area contributed by atoms with Crippen LogP contribution in [-0.4, -0.2) is 47.7 Å². The summed E-state index contributed by atoms with van der Waals surface area (Å²) in [6, 6.07) is 9.28. The van der Waals surface area contributed by atoms with Gasteiger partial charge in [0.15, 0.2) is 0 Å². The number of piperidine rings is 1. The van der Waals surface area contributed by atoms with Gasteiger partial charge in [-0.15, -0.1) is 0 Å². The van der Waals surface area contributed by atoms with E-state index in [2.05, 4.69) is 73.9 Å². The van der Waals surface area contributed by atoms with Crippen molar-refractivity contribution in [2.24, 2.45) is 17.8 Å². The van der Waals surface area contributed by atoms with E-state index in [1.165, 1.54) is 42.8 Å². The molecule has 3 heteroatoms. The van der Waals surface area contributed by atoms with Crippen molar-refractivity contribution >= 4 is 0 Å². The number of nitrogens with zero attached hydrogens (tertiary/aromatic N) is 2. The number of rotatable bonds is 8. The van der Waals surface area contributed by atoms with Gasteiger partial charge < -0.3 is 10.0 Å². The van der Waals surface area contributed by atoms with Crippen LogP contribution < -0.4 is 0 Å². The van der Waals surface area contributed by atoms with E-state index in [-0.39, 0.29) is 12.0 Å². The van der Waals surface area contributed by atoms with Gasteiger partial charge in [-0.05, 0) is 66.6 Å². The van der Waals surface area contributed by atoms with Crippen LogP contribution in [0, 0.1) is 17.8 Å². The number of hydrogen-bond acceptors (Lipinski definition) is 3. The summed E-state index contributed by atoms with van der Waals surface area (Å²) >= 11 is 0. The van der Waals surface area contributed by atoms with Crippen molar-refractivity contribution in [1.29, 1.82) is 0 Å². The highest BCUT2D eigenvalue weighted by Gasteiger charge is 2.54. The van der Waals surface area contributed by atoms with Crippen molar-refractivity contribution in [3.8, 4) is 0 Å². The Bertz CT molecular complexity index is 774. The van der Waals surface area contributed by atoms with E-state index in [1.54, 1.807) is 5.57 Å². The molecule has 1 saturated heterocycles. The SMILES string of the molecule is CCN(CCO)C1=CCCC(CC2C3CN(Cc4ccc(C(C)(C)C)cc4)CC23)=C1. The molecule has 0 spiro atoms. The zero-order valence-corrected chi connectivity index (χ0v) is 19.4. The highest BCUT2D eigenvalue weighted by molar-refractivity contribution is 5.30. The average molecular weight is 409 g/mol. The van der Waals surface area contributed by atoms with E-state index in [9.17, 15) is 5.11 Å². The molecule has 2 fully saturated rings. The maximum absolute atomic E-state index is 9.31. The van der Waals surface area contributed by atoms with Gasteiger partial charge in [-0.2, -0.15) is 0 Å². The highest BCUT2D eigenvalue weighted by atomic mass is 16.3. The number of aliphatic hydroxyl groups is 1. The van der Waals surface area contributed by atoms with E-state index >= 15 is 0 Å². The zero-order chi connectivity index (χ0) is 21.3. The largest absolute Gasteiger partial charge is 0.395 e. The first-order chi connectivity index (χ1) is 14.4. The Morgan fingerprint density at radius 2 is 1.80 bits per heavy atom. The molecule has 1 aromatic rings. The molecule has 1 heterocycles. The minimum Gasteiger partial charge on any atom is -0.395 e. The van der Waals surface area contributed by atoms with Gasteiger partial charge in [0, 0.05) is 38.4 Å². The minimum atomic E-state index is 0.232. The molecule has 0 radical (unpaired) electrons. The molecule has 2 atom stereocenters. The maximum Gasteiger partial charge on any atom is 0.0606 e. The van der Waals surface area contributed by atoms with E-state index in [1.807, 2.05) is 0 Å². The van der Waals surface area contributed by atoms with Gasteiger partial charge in [0.1, 0.15) is 0 Å². The predicted octanol–water partition coefficient (Wildman–Crippen LogP) is 4.97. The molecule has 164 valence electrons. The Labute approximate surface area is 183 Å². The monoisotopic (exact) mass is 408 g/mol. The predicted molar refractivity (Wildman–Crippen MR) is 125 cm³/mol.